The first-order valence-electron chi connectivity index (χ1n) is 10.8. The Bertz CT molecular complexity index is 806. The number of aromatic nitrogens is 1. The number of fused-ring (bicyclic) bond motifs is 1. The molecular weight excluding hydrogens is 382 g/mol. The SMILES string of the molecule is C/C=C/c1cnc2c(c1)C(=O)N([C@@H](C)CO)C[C@@H](C)[C@H](CN(C)C(=O)C1CCC1)O2. The van der Waals surface area contributed by atoms with E-state index in [0.29, 0.717) is 18.7 Å². The number of carbonyl (C=O) groups excluding carboxylic acids is 2. The minimum absolute atomic E-state index is 0.0373. The molecule has 1 saturated carbocycles. The third-order valence-corrected chi connectivity index (χ3v) is 6.19. The van der Waals surface area contributed by atoms with E-state index in [0.717, 1.165) is 24.8 Å². The van der Waals surface area contributed by atoms with Crippen molar-refractivity contribution in [2.24, 2.45) is 11.8 Å². The zero-order valence-electron chi connectivity index (χ0n) is 18.4. The summed E-state index contributed by atoms with van der Waals surface area (Å²) in [5.74, 6) is 0.330. The van der Waals surface area contributed by atoms with E-state index in [4.69, 9.17) is 4.74 Å². The summed E-state index contributed by atoms with van der Waals surface area (Å²) in [4.78, 5) is 33.8. The summed E-state index contributed by atoms with van der Waals surface area (Å²) in [6.45, 7) is 6.49. The van der Waals surface area contributed by atoms with Gasteiger partial charge < -0.3 is 19.6 Å². The fourth-order valence-electron chi connectivity index (χ4n) is 3.95. The lowest BCUT2D eigenvalue weighted by Crippen LogP contribution is -2.51. The topological polar surface area (TPSA) is 83.0 Å². The summed E-state index contributed by atoms with van der Waals surface area (Å²) < 4.78 is 6.23. The summed E-state index contributed by atoms with van der Waals surface area (Å²) in [7, 11) is 1.82. The van der Waals surface area contributed by atoms with Crippen LogP contribution >= 0.6 is 0 Å². The molecule has 30 heavy (non-hydrogen) atoms. The molecule has 3 rings (SSSR count). The lowest BCUT2D eigenvalue weighted by atomic mass is 9.84. The van der Waals surface area contributed by atoms with Crippen molar-refractivity contribution in [3.8, 4) is 5.88 Å². The van der Waals surface area contributed by atoms with E-state index < -0.39 is 0 Å². The molecule has 1 aliphatic carbocycles. The number of pyridine rings is 1. The van der Waals surface area contributed by atoms with Crippen LogP contribution in [0.2, 0.25) is 0 Å². The third kappa shape index (κ3) is 4.67. The van der Waals surface area contributed by atoms with Gasteiger partial charge in [0.25, 0.3) is 5.91 Å². The monoisotopic (exact) mass is 415 g/mol. The van der Waals surface area contributed by atoms with Gasteiger partial charge in [-0.1, -0.05) is 25.5 Å². The zero-order chi connectivity index (χ0) is 21.8. The molecule has 0 unspecified atom stereocenters. The fourth-order valence-corrected chi connectivity index (χ4v) is 3.95. The number of amides is 2. The van der Waals surface area contributed by atoms with Crippen LogP contribution in [0.15, 0.2) is 18.3 Å². The average molecular weight is 416 g/mol. The molecule has 0 bridgehead atoms. The number of likely N-dealkylation sites (N-methyl/N-ethyl adjacent to an activating group) is 1. The molecule has 1 fully saturated rings. The number of carbonyl (C=O) groups is 2. The highest BCUT2D eigenvalue weighted by molar-refractivity contribution is 5.97. The number of hydrogen-bond donors (Lipinski definition) is 1. The van der Waals surface area contributed by atoms with Crippen LogP contribution in [0.5, 0.6) is 5.88 Å². The molecule has 0 aromatic carbocycles. The molecule has 2 amide bonds. The van der Waals surface area contributed by atoms with E-state index in [9.17, 15) is 14.7 Å². The maximum Gasteiger partial charge on any atom is 0.259 e. The molecule has 3 atom stereocenters. The number of rotatable bonds is 6. The molecule has 1 N–H and O–H groups in total. The smallest absolute Gasteiger partial charge is 0.259 e. The van der Waals surface area contributed by atoms with Gasteiger partial charge in [0.2, 0.25) is 11.8 Å². The number of aliphatic hydroxyl groups excluding tert-OH is 1. The van der Waals surface area contributed by atoms with Crippen molar-refractivity contribution in [2.75, 3.05) is 26.7 Å². The van der Waals surface area contributed by atoms with Crippen molar-refractivity contribution >= 4 is 17.9 Å². The van der Waals surface area contributed by atoms with Crippen molar-refractivity contribution < 1.29 is 19.4 Å². The van der Waals surface area contributed by atoms with Crippen molar-refractivity contribution in [3.63, 3.8) is 0 Å². The van der Waals surface area contributed by atoms with Crippen LogP contribution in [0.4, 0.5) is 0 Å². The summed E-state index contributed by atoms with van der Waals surface area (Å²) in [6, 6.07) is 1.45. The number of allylic oxidation sites excluding steroid dienone is 1. The van der Waals surface area contributed by atoms with Gasteiger partial charge in [0.05, 0.1) is 19.2 Å². The van der Waals surface area contributed by atoms with Gasteiger partial charge in [-0.2, -0.15) is 0 Å². The molecule has 0 radical (unpaired) electrons. The first-order valence-corrected chi connectivity index (χ1v) is 10.8. The molecule has 1 aromatic heterocycles. The van der Waals surface area contributed by atoms with Gasteiger partial charge in [0.1, 0.15) is 11.7 Å². The van der Waals surface area contributed by atoms with E-state index >= 15 is 0 Å². The number of nitrogens with zero attached hydrogens (tertiary/aromatic N) is 3. The molecular formula is C23H33N3O4. The Hall–Kier alpha value is -2.41. The molecule has 1 aliphatic heterocycles. The van der Waals surface area contributed by atoms with Crippen LogP contribution in [0, 0.1) is 11.8 Å². The highest BCUT2D eigenvalue weighted by Gasteiger charge is 2.36. The highest BCUT2D eigenvalue weighted by Crippen LogP contribution is 2.30. The molecule has 2 heterocycles. The van der Waals surface area contributed by atoms with Crippen molar-refractivity contribution in [1.82, 2.24) is 14.8 Å². The molecule has 1 aromatic rings. The lowest BCUT2D eigenvalue weighted by Gasteiger charge is -2.38. The largest absolute Gasteiger partial charge is 0.472 e. The van der Waals surface area contributed by atoms with Gasteiger partial charge in [-0.25, -0.2) is 4.98 Å². The van der Waals surface area contributed by atoms with Gasteiger partial charge in [-0.15, -0.1) is 0 Å². The predicted octanol–water partition coefficient (Wildman–Crippen LogP) is 2.59. The van der Waals surface area contributed by atoms with E-state index in [1.165, 1.54) is 0 Å². The van der Waals surface area contributed by atoms with Crippen LogP contribution in [0.25, 0.3) is 6.08 Å². The highest BCUT2D eigenvalue weighted by atomic mass is 16.5. The molecule has 2 aliphatic rings. The maximum absolute atomic E-state index is 13.3. The second-order valence-electron chi connectivity index (χ2n) is 8.59. The van der Waals surface area contributed by atoms with E-state index in [2.05, 4.69) is 4.98 Å². The molecule has 0 saturated heterocycles. The van der Waals surface area contributed by atoms with Crippen molar-refractivity contribution in [3.05, 3.63) is 29.5 Å². The summed E-state index contributed by atoms with van der Waals surface area (Å²) in [6.07, 6.45) is 8.17. The number of ether oxygens (including phenoxy) is 1. The van der Waals surface area contributed by atoms with Crippen LogP contribution in [0.3, 0.4) is 0 Å². The average Bonchev–Trinajstić information content (AvgIpc) is 2.69. The molecule has 7 nitrogen and oxygen atoms in total. The van der Waals surface area contributed by atoms with Gasteiger partial charge in [-0.3, -0.25) is 9.59 Å². The van der Waals surface area contributed by atoms with Gasteiger partial charge in [0.15, 0.2) is 0 Å². The maximum atomic E-state index is 13.3. The zero-order valence-corrected chi connectivity index (χ0v) is 18.4. The normalized spacial score (nSPS) is 23.2. The summed E-state index contributed by atoms with van der Waals surface area (Å²) >= 11 is 0. The Balaban J connectivity index is 1.91. The van der Waals surface area contributed by atoms with Crippen LogP contribution in [-0.2, 0) is 4.79 Å². The first kappa shape index (κ1) is 22.3. The van der Waals surface area contributed by atoms with E-state index in [1.807, 2.05) is 40.0 Å². The number of aliphatic hydroxyl groups is 1. The molecule has 0 spiro atoms. The molecule has 164 valence electrons. The Morgan fingerprint density at radius 2 is 2.20 bits per heavy atom. The van der Waals surface area contributed by atoms with Gasteiger partial charge in [0, 0.05) is 31.6 Å². The fraction of sp³-hybridized carbons (Fsp3) is 0.609. The minimum Gasteiger partial charge on any atom is -0.472 e. The lowest BCUT2D eigenvalue weighted by molar-refractivity contribution is -0.138. The number of hydrogen-bond acceptors (Lipinski definition) is 5. The summed E-state index contributed by atoms with van der Waals surface area (Å²) in [5, 5.41) is 9.71. The van der Waals surface area contributed by atoms with Gasteiger partial charge in [-0.05, 0) is 38.3 Å². The first-order chi connectivity index (χ1) is 14.3. The van der Waals surface area contributed by atoms with E-state index in [-0.39, 0.29) is 48.3 Å². The minimum atomic E-state index is -0.328. The van der Waals surface area contributed by atoms with Crippen molar-refractivity contribution in [1.29, 1.82) is 0 Å². The Morgan fingerprint density at radius 1 is 1.47 bits per heavy atom. The van der Waals surface area contributed by atoms with Gasteiger partial charge >= 0.3 is 0 Å². The van der Waals surface area contributed by atoms with Crippen LogP contribution in [0.1, 0.15) is 56.0 Å². The molecule has 7 heteroatoms. The Kier molecular flexibility index (Phi) is 7.13. The van der Waals surface area contributed by atoms with Crippen molar-refractivity contribution in [2.45, 2.75) is 52.2 Å². The third-order valence-electron chi connectivity index (χ3n) is 6.19. The standard InChI is InChI=1S/C23H33N3O4/c1-5-7-17-10-19-21(24-11-17)30-20(13-25(4)22(28)18-8-6-9-18)15(2)12-26(23(19)29)16(3)14-27/h5,7,10-11,15-16,18,20,27H,6,8-9,12-14H2,1-4H3/b7-5+/t15-,16+,20+/m1/s1. The predicted molar refractivity (Wildman–Crippen MR) is 115 cm³/mol. The second-order valence-corrected chi connectivity index (χ2v) is 8.59. The van der Waals surface area contributed by atoms with E-state index in [1.54, 1.807) is 22.1 Å². The Labute approximate surface area is 178 Å². The quantitative estimate of drug-likeness (QED) is 0.772. The van der Waals surface area contributed by atoms with Crippen LogP contribution < -0.4 is 4.74 Å². The second kappa shape index (κ2) is 9.60. The summed E-state index contributed by atoms with van der Waals surface area (Å²) in [5.41, 5.74) is 1.20. The van der Waals surface area contributed by atoms with Crippen LogP contribution in [-0.4, -0.2) is 70.6 Å². The Morgan fingerprint density at radius 3 is 2.80 bits per heavy atom.